The Morgan fingerprint density at radius 1 is 1.21 bits per heavy atom. The molecule has 0 unspecified atom stereocenters. The maximum Gasteiger partial charge on any atom is 0.262 e. The summed E-state index contributed by atoms with van der Waals surface area (Å²) in [7, 11) is 0. The lowest BCUT2D eigenvalue weighted by Crippen LogP contribution is -2.25. The fourth-order valence-electron chi connectivity index (χ4n) is 2.69. The van der Waals surface area contributed by atoms with Crippen LogP contribution >= 0.6 is 23.2 Å². The van der Waals surface area contributed by atoms with Gasteiger partial charge in [-0.2, -0.15) is 5.10 Å². The maximum absolute atomic E-state index is 12.9. The molecule has 6 nitrogen and oxygen atoms in total. The first-order valence-electron chi connectivity index (χ1n) is 8.91. The highest BCUT2D eigenvalue weighted by atomic mass is 35.5. The number of hydrogen-bond acceptors (Lipinski definition) is 5. The normalized spacial score (nSPS) is 11.4. The van der Waals surface area contributed by atoms with Gasteiger partial charge in [-0.3, -0.25) is 9.36 Å². The second-order valence-electron chi connectivity index (χ2n) is 6.00. The maximum atomic E-state index is 12.9. The van der Waals surface area contributed by atoms with Gasteiger partial charge in [0.15, 0.2) is 0 Å². The number of para-hydroxylation sites is 1. The number of fused-ring (bicyclic) bond motifs is 1. The van der Waals surface area contributed by atoms with E-state index < -0.39 is 0 Å². The first-order valence-corrected chi connectivity index (χ1v) is 9.67. The van der Waals surface area contributed by atoms with Gasteiger partial charge < -0.3 is 4.74 Å². The molecule has 1 N–H and O–H groups in total. The zero-order chi connectivity index (χ0) is 19.9. The molecule has 1 heterocycles. The van der Waals surface area contributed by atoms with Gasteiger partial charge in [0.2, 0.25) is 5.95 Å². The summed E-state index contributed by atoms with van der Waals surface area (Å²) in [6.45, 7) is 3.63. The second-order valence-corrected chi connectivity index (χ2v) is 6.82. The van der Waals surface area contributed by atoms with E-state index >= 15 is 0 Å². The van der Waals surface area contributed by atoms with Crippen molar-refractivity contribution in [3.8, 4) is 0 Å². The molecular weight excluding hydrogens is 399 g/mol. The summed E-state index contributed by atoms with van der Waals surface area (Å²) in [5, 5.41) is 5.70. The summed E-state index contributed by atoms with van der Waals surface area (Å²) in [6, 6.07) is 12.4. The van der Waals surface area contributed by atoms with E-state index in [1.165, 1.54) is 0 Å². The minimum Gasteiger partial charge on any atom is -0.382 e. The molecule has 0 aliphatic carbocycles. The van der Waals surface area contributed by atoms with Crippen molar-refractivity contribution in [2.24, 2.45) is 5.10 Å². The van der Waals surface area contributed by atoms with Gasteiger partial charge in [-0.05, 0) is 43.2 Å². The number of hydrazone groups is 1. The highest BCUT2D eigenvalue weighted by molar-refractivity contribution is 6.42. The molecule has 2 aromatic carbocycles. The monoisotopic (exact) mass is 418 g/mol. The average Bonchev–Trinajstić information content (AvgIpc) is 2.70. The Bertz CT molecular complexity index is 1050. The molecule has 0 amide bonds. The van der Waals surface area contributed by atoms with Crippen molar-refractivity contribution in [1.82, 2.24) is 9.55 Å². The number of aromatic nitrogens is 2. The SMILES string of the molecule is CCOCCCn1c(N/N=C\c2ccc(Cl)c(Cl)c2)nc2ccccc2c1=O. The zero-order valence-corrected chi connectivity index (χ0v) is 16.9. The van der Waals surface area contributed by atoms with Crippen LogP contribution in [-0.4, -0.2) is 29.0 Å². The predicted molar refractivity (Wildman–Crippen MR) is 115 cm³/mol. The molecule has 0 aliphatic heterocycles. The molecule has 28 heavy (non-hydrogen) atoms. The van der Waals surface area contributed by atoms with E-state index in [0.29, 0.717) is 53.1 Å². The Balaban J connectivity index is 1.87. The van der Waals surface area contributed by atoms with E-state index in [4.69, 9.17) is 27.9 Å². The minimum atomic E-state index is -0.116. The third-order valence-corrected chi connectivity index (χ3v) is 4.80. The summed E-state index contributed by atoms with van der Waals surface area (Å²) >= 11 is 11.9. The van der Waals surface area contributed by atoms with Crippen molar-refractivity contribution in [2.75, 3.05) is 18.6 Å². The molecule has 0 saturated carbocycles. The number of rotatable bonds is 8. The Morgan fingerprint density at radius 3 is 2.82 bits per heavy atom. The van der Waals surface area contributed by atoms with Gasteiger partial charge in [-0.1, -0.05) is 41.4 Å². The quantitative estimate of drug-likeness (QED) is 0.330. The third-order valence-electron chi connectivity index (χ3n) is 4.06. The van der Waals surface area contributed by atoms with Crippen LogP contribution in [-0.2, 0) is 11.3 Å². The molecule has 0 fully saturated rings. The molecule has 8 heteroatoms. The van der Waals surface area contributed by atoms with Gasteiger partial charge in [0.1, 0.15) is 0 Å². The Hall–Kier alpha value is -2.41. The molecule has 0 atom stereocenters. The Labute approximate surface area is 172 Å². The van der Waals surface area contributed by atoms with E-state index in [1.54, 1.807) is 41.1 Å². The van der Waals surface area contributed by atoms with Gasteiger partial charge in [-0.15, -0.1) is 0 Å². The molecule has 0 aliphatic rings. The molecule has 3 aromatic rings. The number of nitrogens with one attached hydrogen (secondary N) is 1. The lowest BCUT2D eigenvalue weighted by molar-refractivity contribution is 0.141. The van der Waals surface area contributed by atoms with Crippen molar-refractivity contribution in [2.45, 2.75) is 19.9 Å². The van der Waals surface area contributed by atoms with E-state index in [0.717, 1.165) is 5.56 Å². The number of anilines is 1. The molecule has 3 rings (SSSR count). The van der Waals surface area contributed by atoms with Gasteiger partial charge >= 0.3 is 0 Å². The smallest absolute Gasteiger partial charge is 0.262 e. The molecule has 0 radical (unpaired) electrons. The van der Waals surface area contributed by atoms with Gasteiger partial charge in [0.05, 0.1) is 27.2 Å². The lowest BCUT2D eigenvalue weighted by atomic mass is 10.2. The van der Waals surface area contributed by atoms with E-state index in [1.807, 2.05) is 19.1 Å². The number of halogens is 2. The number of ether oxygens (including phenoxy) is 1. The van der Waals surface area contributed by atoms with Crippen LogP contribution in [0.5, 0.6) is 0 Å². The van der Waals surface area contributed by atoms with Gasteiger partial charge in [0, 0.05) is 19.8 Å². The molecule has 146 valence electrons. The van der Waals surface area contributed by atoms with Crippen LogP contribution in [0.3, 0.4) is 0 Å². The standard InChI is InChI=1S/C20H20Cl2N4O2/c1-2-28-11-5-10-26-19(27)15-6-3-4-7-18(15)24-20(26)25-23-13-14-8-9-16(21)17(22)12-14/h3-4,6-9,12-13H,2,5,10-11H2,1H3,(H,24,25)/b23-13-. The fourth-order valence-corrected chi connectivity index (χ4v) is 2.99. The van der Waals surface area contributed by atoms with Crippen LogP contribution in [0.15, 0.2) is 52.4 Å². The van der Waals surface area contributed by atoms with E-state index in [9.17, 15) is 4.79 Å². The zero-order valence-electron chi connectivity index (χ0n) is 15.4. The van der Waals surface area contributed by atoms with Crippen molar-refractivity contribution < 1.29 is 4.74 Å². The molecular formula is C20H20Cl2N4O2. The highest BCUT2D eigenvalue weighted by Crippen LogP contribution is 2.21. The van der Waals surface area contributed by atoms with Crippen molar-refractivity contribution in [1.29, 1.82) is 0 Å². The topological polar surface area (TPSA) is 68.5 Å². The average molecular weight is 419 g/mol. The first-order chi connectivity index (χ1) is 13.6. The van der Waals surface area contributed by atoms with Crippen molar-refractivity contribution in [3.63, 3.8) is 0 Å². The van der Waals surface area contributed by atoms with Gasteiger partial charge in [0.25, 0.3) is 5.56 Å². The van der Waals surface area contributed by atoms with E-state index in [-0.39, 0.29) is 5.56 Å². The van der Waals surface area contributed by atoms with Gasteiger partial charge in [-0.25, -0.2) is 10.4 Å². The minimum absolute atomic E-state index is 0.116. The number of nitrogens with zero attached hydrogens (tertiary/aromatic N) is 3. The second kappa shape index (κ2) is 9.68. The Kier molecular flexibility index (Phi) is 7.03. The van der Waals surface area contributed by atoms with Crippen LogP contribution < -0.4 is 11.0 Å². The Morgan fingerprint density at radius 2 is 2.04 bits per heavy atom. The number of hydrogen-bond donors (Lipinski definition) is 1. The van der Waals surface area contributed by atoms with Crippen molar-refractivity contribution in [3.05, 3.63) is 68.4 Å². The predicted octanol–water partition coefficient (Wildman–Crippen LogP) is 4.58. The summed E-state index contributed by atoms with van der Waals surface area (Å²) in [4.78, 5) is 17.4. The lowest BCUT2D eigenvalue weighted by Gasteiger charge is -2.12. The summed E-state index contributed by atoms with van der Waals surface area (Å²) in [6.07, 6.45) is 2.28. The van der Waals surface area contributed by atoms with Crippen LogP contribution in [0.1, 0.15) is 18.9 Å². The molecule has 1 aromatic heterocycles. The van der Waals surface area contributed by atoms with Crippen molar-refractivity contribution >= 4 is 46.3 Å². The highest BCUT2D eigenvalue weighted by Gasteiger charge is 2.10. The van der Waals surface area contributed by atoms with Crippen LogP contribution in [0.25, 0.3) is 10.9 Å². The third kappa shape index (κ3) is 4.90. The molecule has 0 saturated heterocycles. The summed E-state index contributed by atoms with van der Waals surface area (Å²) in [5.74, 6) is 0.372. The van der Waals surface area contributed by atoms with Crippen LogP contribution in [0.4, 0.5) is 5.95 Å². The first kappa shape index (κ1) is 20.3. The molecule has 0 spiro atoms. The summed E-state index contributed by atoms with van der Waals surface area (Å²) < 4.78 is 6.95. The van der Waals surface area contributed by atoms with E-state index in [2.05, 4.69) is 15.5 Å². The molecule has 0 bridgehead atoms. The van der Waals surface area contributed by atoms with Crippen LogP contribution in [0.2, 0.25) is 10.0 Å². The van der Waals surface area contributed by atoms with Crippen LogP contribution in [0, 0.1) is 0 Å². The number of benzene rings is 2. The largest absolute Gasteiger partial charge is 0.382 e. The fraction of sp³-hybridized carbons (Fsp3) is 0.250. The summed E-state index contributed by atoms with van der Waals surface area (Å²) in [5.41, 5.74) is 4.14.